The first-order chi connectivity index (χ1) is 14.8. The van der Waals surface area contributed by atoms with Gasteiger partial charge in [-0.15, -0.1) is 0 Å². The molecule has 0 aliphatic rings. The van der Waals surface area contributed by atoms with Crippen molar-refractivity contribution < 1.29 is 0 Å². The molecule has 0 saturated carbocycles. The van der Waals surface area contributed by atoms with Gasteiger partial charge in [0.1, 0.15) is 12.1 Å². The summed E-state index contributed by atoms with van der Waals surface area (Å²) >= 11 is 0. The Balaban J connectivity index is 1.36. The van der Waals surface area contributed by atoms with Crippen LogP contribution in [0, 0.1) is 0 Å². The summed E-state index contributed by atoms with van der Waals surface area (Å²) in [5, 5.41) is 3.45. The van der Waals surface area contributed by atoms with Crippen LogP contribution in [-0.2, 0) is 0 Å². The van der Waals surface area contributed by atoms with Gasteiger partial charge in [-0.25, -0.2) is 9.97 Å². The highest BCUT2D eigenvalue weighted by molar-refractivity contribution is 5.76. The molecule has 0 radical (unpaired) electrons. The highest BCUT2D eigenvalue weighted by Crippen LogP contribution is 2.23. The molecule has 1 atom stereocenters. The van der Waals surface area contributed by atoms with Crippen molar-refractivity contribution in [2.45, 2.75) is 13.0 Å². The number of aromatic nitrogens is 5. The van der Waals surface area contributed by atoms with Crippen molar-refractivity contribution in [3.8, 4) is 16.9 Å². The Morgan fingerprint density at radius 2 is 1.70 bits per heavy atom. The molecule has 2 aromatic carbocycles. The summed E-state index contributed by atoms with van der Waals surface area (Å²) in [4.78, 5) is 17.7. The molecule has 5 aromatic rings. The molecule has 0 aliphatic heterocycles. The minimum atomic E-state index is 0.0806. The third kappa shape index (κ3) is 3.51. The molecular formula is C24H20N6. The van der Waals surface area contributed by atoms with Crippen LogP contribution in [0.2, 0.25) is 0 Å². The van der Waals surface area contributed by atoms with Crippen molar-refractivity contribution in [3.05, 3.63) is 97.3 Å². The van der Waals surface area contributed by atoms with Crippen molar-refractivity contribution in [3.63, 3.8) is 0 Å². The quantitative estimate of drug-likeness (QED) is 0.453. The fourth-order valence-electron chi connectivity index (χ4n) is 3.49. The number of hydrogen-bond donors (Lipinski definition) is 1. The zero-order chi connectivity index (χ0) is 20.3. The van der Waals surface area contributed by atoms with Gasteiger partial charge < -0.3 is 5.32 Å². The van der Waals surface area contributed by atoms with Gasteiger partial charge in [0.05, 0.1) is 23.4 Å². The van der Waals surface area contributed by atoms with Crippen molar-refractivity contribution in [1.29, 1.82) is 0 Å². The van der Waals surface area contributed by atoms with E-state index in [-0.39, 0.29) is 6.04 Å². The number of para-hydroxylation sites is 2. The van der Waals surface area contributed by atoms with E-state index in [0.29, 0.717) is 5.82 Å². The van der Waals surface area contributed by atoms with E-state index < -0.39 is 0 Å². The second-order valence-electron chi connectivity index (χ2n) is 7.10. The van der Waals surface area contributed by atoms with Crippen LogP contribution in [0.25, 0.3) is 28.0 Å². The SMILES string of the molecule is C[C@H](Nc1cncc(-n2cnc3ccccc32)n1)c1ccc(-c2cccnc2)cc1. The fourth-order valence-corrected chi connectivity index (χ4v) is 3.49. The number of anilines is 1. The molecular weight excluding hydrogens is 372 g/mol. The molecule has 1 N–H and O–H groups in total. The van der Waals surface area contributed by atoms with Crippen molar-refractivity contribution in [2.24, 2.45) is 0 Å². The van der Waals surface area contributed by atoms with Crippen molar-refractivity contribution in [2.75, 3.05) is 5.32 Å². The summed E-state index contributed by atoms with van der Waals surface area (Å²) in [6.45, 7) is 2.11. The molecule has 3 aromatic heterocycles. The summed E-state index contributed by atoms with van der Waals surface area (Å²) in [7, 11) is 0. The van der Waals surface area contributed by atoms with Crippen LogP contribution in [0.3, 0.4) is 0 Å². The summed E-state index contributed by atoms with van der Waals surface area (Å²) in [5.74, 6) is 1.45. The maximum atomic E-state index is 4.74. The predicted molar refractivity (Wildman–Crippen MR) is 118 cm³/mol. The lowest BCUT2D eigenvalue weighted by atomic mass is 10.0. The number of hydrogen-bond acceptors (Lipinski definition) is 5. The molecule has 0 bridgehead atoms. The maximum Gasteiger partial charge on any atom is 0.159 e. The first-order valence-corrected chi connectivity index (χ1v) is 9.79. The van der Waals surface area contributed by atoms with Gasteiger partial charge in [-0.05, 0) is 41.8 Å². The second-order valence-corrected chi connectivity index (χ2v) is 7.10. The van der Waals surface area contributed by atoms with E-state index in [1.54, 1.807) is 24.9 Å². The first kappa shape index (κ1) is 18.0. The van der Waals surface area contributed by atoms with Crippen LogP contribution in [0.15, 0.2) is 91.8 Å². The maximum absolute atomic E-state index is 4.74. The first-order valence-electron chi connectivity index (χ1n) is 9.79. The van der Waals surface area contributed by atoms with E-state index in [9.17, 15) is 0 Å². The van der Waals surface area contributed by atoms with E-state index in [4.69, 9.17) is 4.98 Å². The molecule has 0 fully saturated rings. The third-order valence-corrected chi connectivity index (χ3v) is 5.09. The van der Waals surface area contributed by atoms with Gasteiger partial charge in [0.15, 0.2) is 5.82 Å². The summed E-state index contributed by atoms with van der Waals surface area (Å²) in [6, 6.07) is 20.5. The Bertz CT molecular complexity index is 1280. The lowest BCUT2D eigenvalue weighted by Gasteiger charge is -2.16. The van der Waals surface area contributed by atoms with E-state index in [2.05, 4.69) is 57.5 Å². The number of pyridine rings is 1. The van der Waals surface area contributed by atoms with E-state index in [0.717, 1.165) is 28.0 Å². The molecule has 3 heterocycles. The number of nitrogens with zero attached hydrogens (tertiary/aromatic N) is 5. The number of benzene rings is 2. The average Bonchev–Trinajstić information content (AvgIpc) is 3.24. The Labute approximate surface area is 174 Å². The number of rotatable bonds is 5. The summed E-state index contributed by atoms with van der Waals surface area (Å²) in [6.07, 6.45) is 8.91. The van der Waals surface area contributed by atoms with Crippen molar-refractivity contribution >= 4 is 16.9 Å². The monoisotopic (exact) mass is 392 g/mol. The van der Waals surface area contributed by atoms with Crippen LogP contribution >= 0.6 is 0 Å². The topological polar surface area (TPSA) is 68.5 Å². The van der Waals surface area contributed by atoms with Gasteiger partial charge in [-0.2, -0.15) is 0 Å². The lowest BCUT2D eigenvalue weighted by Crippen LogP contribution is -2.09. The minimum Gasteiger partial charge on any atom is -0.362 e. The fraction of sp³-hybridized carbons (Fsp3) is 0.0833. The Kier molecular flexibility index (Phi) is 4.65. The van der Waals surface area contributed by atoms with Crippen LogP contribution in [0.5, 0.6) is 0 Å². The largest absolute Gasteiger partial charge is 0.362 e. The molecule has 0 saturated heterocycles. The molecule has 0 spiro atoms. The summed E-state index contributed by atoms with van der Waals surface area (Å²) < 4.78 is 1.95. The standard InChI is InChI=1S/C24H20N6/c1-17(18-8-10-19(11-9-18)20-5-4-12-25-13-20)28-23-14-26-15-24(29-23)30-16-27-21-6-2-3-7-22(21)30/h2-17H,1H3,(H,28,29)/t17-/m0/s1. The van der Waals surface area contributed by atoms with Gasteiger partial charge in [0, 0.05) is 18.4 Å². The highest BCUT2D eigenvalue weighted by atomic mass is 15.2. The molecule has 6 nitrogen and oxygen atoms in total. The number of nitrogens with one attached hydrogen (secondary N) is 1. The molecule has 0 aliphatic carbocycles. The van der Waals surface area contributed by atoms with Gasteiger partial charge in [-0.3, -0.25) is 14.5 Å². The number of fused-ring (bicyclic) bond motifs is 1. The number of imidazole rings is 1. The van der Waals surface area contributed by atoms with E-state index in [1.807, 2.05) is 41.1 Å². The molecule has 0 unspecified atom stereocenters. The Morgan fingerprint density at radius 1 is 0.833 bits per heavy atom. The van der Waals surface area contributed by atoms with E-state index >= 15 is 0 Å². The van der Waals surface area contributed by atoms with Gasteiger partial charge in [0.2, 0.25) is 0 Å². The lowest BCUT2D eigenvalue weighted by molar-refractivity contribution is 0.865. The van der Waals surface area contributed by atoms with Gasteiger partial charge in [0.25, 0.3) is 0 Å². The van der Waals surface area contributed by atoms with Crippen LogP contribution in [0.1, 0.15) is 18.5 Å². The molecule has 30 heavy (non-hydrogen) atoms. The van der Waals surface area contributed by atoms with Crippen LogP contribution in [-0.4, -0.2) is 24.5 Å². The predicted octanol–water partition coefficient (Wildman–Crippen LogP) is 5.05. The van der Waals surface area contributed by atoms with E-state index in [1.165, 1.54) is 5.56 Å². The molecule has 5 rings (SSSR count). The van der Waals surface area contributed by atoms with Gasteiger partial charge >= 0.3 is 0 Å². The molecule has 6 heteroatoms. The Hall–Kier alpha value is -4.06. The highest BCUT2D eigenvalue weighted by Gasteiger charge is 2.10. The van der Waals surface area contributed by atoms with Crippen LogP contribution < -0.4 is 5.32 Å². The smallest absolute Gasteiger partial charge is 0.159 e. The summed E-state index contributed by atoms with van der Waals surface area (Å²) in [5.41, 5.74) is 5.36. The normalized spacial score (nSPS) is 12.0. The average molecular weight is 392 g/mol. The van der Waals surface area contributed by atoms with Crippen molar-refractivity contribution in [1.82, 2.24) is 24.5 Å². The third-order valence-electron chi connectivity index (χ3n) is 5.09. The zero-order valence-electron chi connectivity index (χ0n) is 16.5. The van der Waals surface area contributed by atoms with Gasteiger partial charge in [-0.1, -0.05) is 42.5 Å². The minimum absolute atomic E-state index is 0.0806. The molecule has 0 amide bonds. The van der Waals surface area contributed by atoms with Crippen LogP contribution in [0.4, 0.5) is 5.82 Å². The zero-order valence-corrected chi connectivity index (χ0v) is 16.5. The Morgan fingerprint density at radius 3 is 2.53 bits per heavy atom. The molecule has 146 valence electrons. The second kappa shape index (κ2) is 7.75.